The fourth-order valence-corrected chi connectivity index (χ4v) is 2.54. The minimum atomic E-state index is -0.189. The average Bonchev–Trinajstić information content (AvgIpc) is 2.40. The number of nitrogens with zero attached hydrogens (tertiary/aromatic N) is 1. The lowest BCUT2D eigenvalue weighted by Gasteiger charge is -2.41. The summed E-state index contributed by atoms with van der Waals surface area (Å²) in [5.74, 6) is -0.189. The first-order chi connectivity index (χ1) is 9.08. The number of anilines is 1. The molecule has 0 saturated carbocycles. The Morgan fingerprint density at radius 2 is 2.05 bits per heavy atom. The molecule has 0 aliphatic carbocycles. The van der Waals surface area contributed by atoms with Crippen LogP contribution in [0.5, 0.6) is 0 Å². The third kappa shape index (κ3) is 4.18. The van der Waals surface area contributed by atoms with Crippen molar-refractivity contribution in [2.24, 2.45) is 0 Å². The van der Waals surface area contributed by atoms with Gasteiger partial charge in [-0.25, -0.2) is 4.39 Å². The molecule has 0 spiro atoms. The van der Waals surface area contributed by atoms with Crippen LogP contribution in [-0.4, -0.2) is 43.2 Å². The Hall–Kier alpha value is -1.13. The lowest BCUT2D eigenvalue weighted by molar-refractivity contribution is 0.0987. The van der Waals surface area contributed by atoms with Crippen LogP contribution in [0.25, 0.3) is 0 Å². The predicted molar refractivity (Wildman–Crippen MR) is 78.0 cm³/mol. The molecule has 0 radical (unpaired) electrons. The van der Waals surface area contributed by atoms with Crippen LogP contribution in [0.1, 0.15) is 20.3 Å². The van der Waals surface area contributed by atoms with Crippen molar-refractivity contribution < 1.29 is 4.39 Å². The second-order valence-electron chi connectivity index (χ2n) is 5.74. The molecule has 1 saturated heterocycles. The summed E-state index contributed by atoms with van der Waals surface area (Å²) >= 11 is 0. The maximum absolute atomic E-state index is 13.1. The first-order valence-corrected chi connectivity index (χ1v) is 7.03. The van der Waals surface area contributed by atoms with Gasteiger partial charge in [0.05, 0.1) is 0 Å². The number of hydrogen-bond acceptors (Lipinski definition) is 3. The van der Waals surface area contributed by atoms with Crippen molar-refractivity contribution in [1.29, 1.82) is 0 Å². The molecule has 0 aromatic heterocycles. The zero-order chi connectivity index (χ0) is 13.7. The molecule has 3 nitrogen and oxygen atoms in total. The summed E-state index contributed by atoms with van der Waals surface area (Å²) in [6.07, 6.45) is 1.05. The molecular weight excluding hydrogens is 241 g/mol. The molecule has 0 atom stereocenters. The van der Waals surface area contributed by atoms with E-state index >= 15 is 0 Å². The lowest BCUT2D eigenvalue weighted by atomic mass is 9.97. The van der Waals surface area contributed by atoms with Crippen molar-refractivity contribution in [2.75, 3.05) is 38.0 Å². The molecule has 1 aliphatic heterocycles. The van der Waals surface area contributed by atoms with E-state index in [1.165, 1.54) is 12.1 Å². The number of benzene rings is 1. The van der Waals surface area contributed by atoms with Gasteiger partial charge < -0.3 is 10.6 Å². The van der Waals surface area contributed by atoms with Gasteiger partial charge in [0, 0.05) is 44.0 Å². The third-order valence-corrected chi connectivity index (χ3v) is 3.86. The van der Waals surface area contributed by atoms with E-state index < -0.39 is 0 Å². The van der Waals surface area contributed by atoms with Crippen molar-refractivity contribution in [1.82, 2.24) is 10.2 Å². The topological polar surface area (TPSA) is 27.3 Å². The van der Waals surface area contributed by atoms with Gasteiger partial charge in [-0.3, -0.25) is 4.90 Å². The normalized spacial score (nSPS) is 17.4. The van der Waals surface area contributed by atoms with Gasteiger partial charge in [0.2, 0.25) is 0 Å². The fraction of sp³-hybridized carbons (Fsp3) is 0.600. The van der Waals surface area contributed by atoms with Crippen LogP contribution in [0, 0.1) is 5.82 Å². The van der Waals surface area contributed by atoms with E-state index in [1.807, 2.05) is 6.07 Å². The molecule has 4 heteroatoms. The molecule has 106 valence electrons. The quantitative estimate of drug-likeness (QED) is 0.855. The molecule has 1 aromatic carbocycles. The van der Waals surface area contributed by atoms with Crippen molar-refractivity contribution in [3.8, 4) is 0 Å². The van der Waals surface area contributed by atoms with E-state index in [-0.39, 0.29) is 11.4 Å². The number of nitrogens with one attached hydrogen (secondary N) is 2. The number of piperazine rings is 1. The second kappa shape index (κ2) is 6.35. The zero-order valence-electron chi connectivity index (χ0n) is 11.9. The molecule has 1 fully saturated rings. The van der Waals surface area contributed by atoms with Crippen molar-refractivity contribution in [3.63, 3.8) is 0 Å². The van der Waals surface area contributed by atoms with E-state index in [0.29, 0.717) is 0 Å². The maximum atomic E-state index is 13.1. The number of halogens is 1. The monoisotopic (exact) mass is 265 g/mol. The van der Waals surface area contributed by atoms with Crippen LogP contribution in [-0.2, 0) is 0 Å². The molecular formula is C15H24FN3. The number of hydrogen-bond donors (Lipinski definition) is 2. The fourth-order valence-electron chi connectivity index (χ4n) is 2.54. The zero-order valence-corrected chi connectivity index (χ0v) is 11.9. The van der Waals surface area contributed by atoms with E-state index in [0.717, 1.165) is 44.8 Å². The summed E-state index contributed by atoms with van der Waals surface area (Å²) in [6.45, 7) is 9.78. The highest BCUT2D eigenvalue weighted by atomic mass is 19.1. The second-order valence-corrected chi connectivity index (χ2v) is 5.74. The van der Waals surface area contributed by atoms with Crippen LogP contribution < -0.4 is 10.6 Å². The Bertz CT molecular complexity index is 400. The molecule has 19 heavy (non-hydrogen) atoms. The maximum Gasteiger partial charge on any atom is 0.125 e. The molecule has 0 unspecified atom stereocenters. The first-order valence-electron chi connectivity index (χ1n) is 7.03. The van der Waals surface area contributed by atoms with Crippen LogP contribution in [0.2, 0.25) is 0 Å². The van der Waals surface area contributed by atoms with Crippen LogP contribution in [0.3, 0.4) is 0 Å². The summed E-state index contributed by atoms with van der Waals surface area (Å²) in [6, 6.07) is 6.65. The van der Waals surface area contributed by atoms with Gasteiger partial charge in [-0.05, 0) is 38.5 Å². The van der Waals surface area contributed by atoms with Crippen LogP contribution in [0.4, 0.5) is 10.1 Å². The van der Waals surface area contributed by atoms with Gasteiger partial charge in [0.25, 0.3) is 0 Å². The van der Waals surface area contributed by atoms with E-state index in [9.17, 15) is 4.39 Å². The summed E-state index contributed by atoms with van der Waals surface area (Å²) in [7, 11) is 0. The van der Waals surface area contributed by atoms with E-state index in [1.54, 1.807) is 6.07 Å². The summed E-state index contributed by atoms with van der Waals surface area (Å²) in [4.78, 5) is 2.52. The van der Waals surface area contributed by atoms with E-state index in [4.69, 9.17) is 0 Å². The highest BCUT2D eigenvalue weighted by Gasteiger charge is 2.27. The largest absolute Gasteiger partial charge is 0.385 e. The van der Waals surface area contributed by atoms with Gasteiger partial charge in [0.1, 0.15) is 5.82 Å². The molecule has 2 N–H and O–H groups in total. The molecule has 2 rings (SSSR count). The highest BCUT2D eigenvalue weighted by molar-refractivity contribution is 5.42. The summed E-state index contributed by atoms with van der Waals surface area (Å²) < 4.78 is 13.1. The summed E-state index contributed by atoms with van der Waals surface area (Å²) in [5, 5.41) is 6.67. The van der Waals surface area contributed by atoms with Crippen molar-refractivity contribution in [3.05, 3.63) is 30.1 Å². The smallest absolute Gasteiger partial charge is 0.125 e. The number of rotatable bonds is 5. The van der Waals surface area contributed by atoms with Gasteiger partial charge in [-0.1, -0.05) is 6.07 Å². The van der Waals surface area contributed by atoms with Crippen LogP contribution >= 0.6 is 0 Å². The Balaban J connectivity index is 1.80. The van der Waals surface area contributed by atoms with Crippen molar-refractivity contribution >= 4 is 5.69 Å². The predicted octanol–water partition coefficient (Wildman–Crippen LogP) is 2.31. The standard InChI is InChI=1S/C15H24FN3/c1-15(2,19-10-8-17-9-11-19)6-7-18-14-5-3-4-13(16)12-14/h3-5,12,17-18H,6-11H2,1-2H3. The molecule has 1 aliphatic rings. The average molecular weight is 265 g/mol. The summed E-state index contributed by atoms with van der Waals surface area (Å²) in [5.41, 5.74) is 1.04. The van der Waals surface area contributed by atoms with Crippen LogP contribution in [0.15, 0.2) is 24.3 Å². The Morgan fingerprint density at radius 3 is 2.74 bits per heavy atom. The minimum absolute atomic E-state index is 0.183. The van der Waals surface area contributed by atoms with Gasteiger partial charge in [-0.2, -0.15) is 0 Å². The van der Waals surface area contributed by atoms with Crippen molar-refractivity contribution in [2.45, 2.75) is 25.8 Å². The molecule has 0 amide bonds. The SMILES string of the molecule is CC(C)(CCNc1cccc(F)c1)N1CCNCC1. The Labute approximate surface area is 115 Å². The first kappa shape index (κ1) is 14.3. The molecule has 0 bridgehead atoms. The van der Waals surface area contributed by atoms with Gasteiger partial charge in [-0.15, -0.1) is 0 Å². The minimum Gasteiger partial charge on any atom is -0.385 e. The third-order valence-electron chi connectivity index (χ3n) is 3.86. The Kier molecular flexibility index (Phi) is 4.77. The highest BCUT2D eigenvalue weighted by Crippen LogP contribution is 2.19. The Morgan fingerprint density at radius 1 is 1.32 bits per heavy atom. The van der Waals surface area contributed by atoms with Gasteiger partial charge >= 0.3 is 0 Å². The van der Waals surface area contributed by atoms with E-state index in [2.05, 4.69) is 29.4 Å². The molecule has 1 heterocycles. The lowest BCUT2D eigenvalue weighted by Crippen LogP contribution is -2.53. The van der Waals surface area contributed by atoms with Gasteiger partial charge in [0.15, 0.2) is 0 Å². The molecule has 1 aromatic rings.